The maximum Gasteiger partial charge on any atom is 0.339 e. The van der Waals surface area contributed by atoms with Crippen LogP contribution < -0.4 is 10.9 Å². The Hall–Kier alpha value is -2.63. The first kappa shape index (κ1) is 16.7. The quantitative estimate of drug-likeness (QED) is 0.669. The molecule has 1 N–H and O–H groups in total. The van der Waals surface area contributed by atoms with E-state index in [9.17, 15) is 14.4 Å². The van der Waals surface area contributed by atoms with E-state index in [1.165, 1.54) is 7.11 Å². The van der Waals surface area contributed by atoms with Gasteiger partial charge in [-0.2, -0.15) is 0 Å². The summed E-state index contributed by atoms with van der Waals surface area (Å²) in [7, 11) is 1.25. The number of amides is 1. The van der Waals surface area contributed by atoms with Gasteiger partial charge >= 0.3 is 11.6 Å². The van der Waals surface area contributed by atoms with Crippen LogP contribution in [-0.4, -0.2) is 25.5 Å². The molecule has 0 bridgehead atoms. The van der Waals surface area contributed by atoms with Crippen LogP contribution in [0.1, 0.15) is 23.1 Å². The normalized spacial score (nSPS) is 10.6. The van der Waals surface area contributed by atoms with E-state index in [-0.39, 0.29) is 25.3 Å². The van der Waals surface area contributed by atoms with E-state index in [0.717, 1.165) is 16.5 Å². The number of methoxy groups -OCH3 is 1. The number of hydrogen-bond donors (Lipinski definition) is 1. The zero-order valence-corrected chi connectivity index (χ0v) is 13.4. The van der Waals surface area contributed by atoms with Crippen molar-refractivity contribution < 1.29 is 18.7 Å². The number of carbonyl (C=O) groups is 2. The van der Waals surface area contributed by atoms with E-state index in [1.54, 1.807) is 0 Å². The van der Waals surface area contributed by atoms with Crippen molar-refractivity contribution in [3.8, 4) is 0 Å². The number of aryl methyl sites for hydroxylation is 2. The van der Waals surface area contributed by atoms with Gasteiger partial charge in [0.2, 0.25) is 5.91 Å². The summed E-state index contributed by atoms with van der Waals surface area (Å²) in [6.45, 7) is 3.59. The monoisotopic (exact) mass is 317 g/mol. The summed E-state index contributed by atoms with van der Waals surface area (Å²) in [4.78, 5) is 34.8. The summed E-state index contributed by atoms with van der Waals surface area (Å²) in [6.07, 6.45) is 0.352. The van der Waals surface area contributed by atoms with Gasteiger partial charge in [0.1, 0.15) is 12.1 Å². The Kier molecular flexibility index (Phi) is 5.16. The second kappa shape index (κ2) is 7.09. The highest BCUT2D eigenvalue weighted by molar-refractivity contribution is 5.83. The predicted molar refractivity (Wildman–Crippen MR) is 85.3 cm³/mol. The summed E-state index contributed by atoms with van der Waals surface area (Å²) < 4.78 is 9.78. The molecule has 0 atom stereocenters. The minimum atomic E-state index is -0.518. The Morgan fingerprint density at radius 2 is 2.00 bits per heavy atom. The van der Waals surface area contributed by atoms with Crippen molar-refractivity contribution in [1.29, 1.82) is 0 Å². The summed E-state index contributed by atoms with van der Waals surface area (Å²) in [5, 5.41) is 3.30. The van der Waals surface area contributed by atoms with E-state index >= 15 is 0 Å². The van der Waals surface area contributed by atoms with Gasteiger partial charge in [0.05, 0.1) is 7.11 Å². The average Bonchev–Trinajstić information content (AvgIpc) is 2.51. The molecule has 6 heteroatoms. The lowest BCUT2D eigenvalue weighted by atomic mass is 10.0. The molecule has 2 aromatic rings. The number of hydrogen-bond acceptors (Lipinski definition) is 5. The lowest BCUT2D eigenvalue weighted by molar-refractivity contribution is -0.141. The number of ether oxygens (including phenoxy) is 1. The molecule has 6 nitrogen and oxygen atoms in total. The minimum Gasteiger partial charge on any atom is -0.468 e. The number of carbonyl (C=O) groups excluding carboxylic acids is 2. The zero-order valence-electron chi connectivity index (χ0n) is 13.4. The number of nitrogens with one attached hydrogen (secondary N) is 1. The fourth-order valence-electron chi connectivity index (χ4n) is 2.36. The highest BCUT2D eigenvalue weighted by Crippen LogP contribution is 2.21. The SMILES string of the molecule is COC(=O)CNC(=O)CCc1c(C)c2ccc(C)cc2oc1=O. The molecule has 0 saturated heterocycles. The third kappa shape index (κ3) is 3.97. The summed E-state index contributed by atoms with van der Waals surface area (Å²) in [6, 6.07) is 5.67. The second-order valence-corrected chi connectivity index (χ2v) is 5.35. The molecule has 0 aliphatic carbocycles. The van der Waals surface area contributed by atoms with Gasteiger partial charge in [0.25, 0.3) is 0 Å². The van der Waals surface area contributed by atoms with E-state index in [2.05, 4.69) is 10.1 Å². The van der Waals surface area contributed by atoms with Crippen molar-refractivity contribution in [2.75, 3.05) is 13.7 Å². The van der Waals surface area contributed by atoms with Crippen molar-refractivity contribution in [3.63, 3.8) is 0 Å². The standard InChI is InChI=1S/C17H19NO5/c1-10-4-5-12-11(2)13(17(21)23-14(12)8-10)6-7-15(19)18-9-16(20)22-3/h4-5,8H,6-7,9H2,1-3H3,(H,18,19). The maximum absolute atomic E-state index is 12.1. The van der Waals surface area contributed by atoms with Crippen molar-refractivity contribution in [1.82, 2.24) is 5.32 Å². The van der Waals surface area contributed by atoms with Gasteiger partial charge in [-0.25, -0.2) is 4.79 Å². The first-order chi connectivity index (χ1) is 10.9. The van der Waals surface area contributed by atoms with Crippen LogP contribution in [0.3, 0.4) is 0 Å². The van der Waals surface area contributed by atoms with Crippen molar-refractivity contribution in [3.05, 3.63) is 45.3 Å². The van der Waals surface area contributed by atoms with Crippen molar-refractivity contribution in [2.45, 2.75) is 26.7 Å². The fourth-order valence-corrected chi connectivity index (χ4v) is 2.36. The molecule has 0 aliphatic rings. The van der Waals surface area contributed by atoms with Crippen LogP contribution in [0.5, 0.6) is 0 Å². The molecule has 1 aromatic carbocycles. The number of fused-ring (bicyclic) bond motifs is 1. The number of esters is 1. The third-order valence-corrected chi connectivity index (χ3v) is 3.70. The maximum atomic E-state index is 12.1. The Labute approximate surface area is 133 Å². The molecule has 0 fully saturated rings. The molecule has 0 unspecified atom stereocenters. The molecule has 122 valence electrons. The molecular weight excluding hydrogens is 298 g/mol. The Morgan fingerprint density at radius 1 is 1.26 bits per heavy atom. The Bertz CT molecular complexity index is 806. The van der Waals surface area contributed by atoms with Crippen LogP contribution in [-0.2, 0) is 20.7 Å². The van der Waals surface area contributed by atoms with Crippen LogP contribution >= 0.6 is 0 Å². The third-order valence-electron chi connectivity index (χ3n) is 3.70. The first-order valence-electron chi connectivity index (χ1n) is 7.29. The summed E-state index contributed by atoms with van der Waals surface area (Å²) in [5.74, 6) is -0.840. The zero-order chi connectivity index (χ0) is 17.0. The fraction of sp³-hybridized carbons (Fsp3) is 0.353. The first-order valence-corrected chi connectivity index (χ1v) is 7.29. The van der Waals surface area contributed by atoms with E-state index < -0.39 is 11.6 Å². The molecule has 2 rings (SSSR count). The van der Waals surface area contributed by atoms with Crippen LogP contribution in [0.2, 0.25) is 0 Å². The van der Waals surface area contributed by atoms with Crippen molar-refractivity contribution in [2.24, 2.45) is 0 Å². The van der Waals surface area contributed by atoms with Crippen LogP contribution in [0, 0.1) is 13.8 Å². The molecule has 0 radical (unpaired) electrons. The van der Waals surface area contributed by atoms with Crippen LogP contribution in [0.25, 0.3) is 11.0 Å². The average molecular weight is 317 g/mol. The van der Waals surface area contributed by atoms with E-state index in [0.29, 0.717) is 11.1 Å². The van der Waals surface area contributed by atoms with E-state index in [1.807, 2.05) is 32.0 Å². The summed E-state index contributed by atoms with van der Waals surface area (Å²) >= 11 is 0. The van der Waals surface area contributed by atoms with Crippen LogP contribution in [0.4, 0.5) is 0 Å². The molecule has 23 heavy (non-hydrogen) atoms. The second-order valence-electron chi connectivity index (χ2n) is 5.35. The highest BCUT2D eigenvalue weighted by Gasteiger charge is 2.13. The van der Waals surface area contributed by atoms with Gasteiger partial charge in [-0.05, 0) is 37.5 Å². The summed E-state index contributed by atoms with van der Waals surface area (Å²) in [5.41, 5.74) is 2.43. The lowest BCUT2D eigenvalue weighted by Gasteiger charge is -2.08. The largest absolute Gasteiger partial charge is 0.468 e. The molecule has 0 aliphatic heterocycles. The number of benzene rings is 1. The van der Waals surface area contributed by atoms with Gasteiger partial charge in [0.15, 0.2) is 0 Å². The molecule has 0 spiro atoms. The van der Waals surface area contributed by atoms with Gasteiger partial charge in [-0.15, -0.1) is 0 Å². The minimum absolute atomic E-state index is 0.0972. The van der Waals surface area contributed by atoms with Crippen molar-refractivity contribution >= 4 is 22.8 Å². The Balaban J connectivity index is 2.14. The van der Waals surface area contributed by atoms with Gasteiger partial charge in [-0.1, -0.05) is 12.1 Å². The Morgan fingerprint density at radius 3 is 2.70 bits per heavy atom. The predicted octanol–water partition coefficient (Wildman–Crippen LogP) is 1.63. The van der Waals surface area contributed by atoms with Crippen LogP contribution in [0.15, 0.2) is 27.4 Å². The molecule has 1 aromatic heterocycles. The topological polar surface area (TPSA) is 85.6 Å². The number of rotatable bonds is 5. The molecule has 1 amide bonds. The van der Waals surface area contributed by atoms with Gasteiger partial charge in [-0.3, -0.25) is 9.59 Å². The van der Waals surface area contributed by atoms with Gasteiger partial charge in [0, 0.05) is 17.4 Å². The van der Waals surface area contributed by atoms with Gasteiger partial charge < -0.3 is 14.5 Å². The smallest absolute Gasteiger partial charge is 0.339 e. The lowest BCUT2D eigenvalue weighted by Crippen LogP contribution is -2.30. The molecule has 1 heterocycles. The van der Waals surface area contributed by atoms with E-state index in [4.69, 9.17) is 4.42 Å². The molecular formula is C17H19NO5. The molecule has 0 saturated carbocycles. The highest BCUT2D eigenvalue weighted by atomic mass is 16.5.